The van der Waals surface area contributed by atoms with Gasteiger partial charge >= 0.3 is 12.3 Å². The van der Waals surface area contributed by atoms with E-state index in [-0.39, 0.29) is 0 Å². The summed E-state index contributed by atoms with van der Waals surface area (Å²) in [5, 5.41) is 2.83. The number of carbonyl (C=O) groups excluding carboxylic acids is 1. The summed E-state index contributed by atoms with van der Waals surface area (Å²) in [5.41, 5.74) is 1.64. The molecule has 1 N–H and O–H groups in total. The summed E-state index contributed by atoms with van der Waals surface area (Å²) in [5.74, 6) is 0. The molecule has 1 fully saturated rings. The summed E-state index contributed by atoms with van der Waals surface area (Å²) >= 11 is 0. The number of ether oxygens (including phenoxy) is 1. The summed E-state index contributed by atoms with van der Waals surface area (Å²) in [7, 11) is 1.08. The lowest BCUT2D eigenvalue weighted by atomic mass is 10.1. The van der Waals surface area contributed by atoms with E-state index in [1.165, 1.54) is 0 Å². The molecule has 1 saturated heterocycles. The number of alkyl halides is 3. The van der Waals surface area contributed by atoms with E-state index in [9.17, 15) is 18.0 Å². The van der Waals surface area contributed by atoms with Crippen molar-refractivity contribution in [2.45, 2.75) is 18.7 Å². The zero-order chi connectivity index (χ0) is 19.9. The van der Waals surface area contributed by atoms with E-state index in [0.717, 1.165) is 34.5 Å². The third-order valence-corrected chi connectivity index (χ3v) is 4.76. The van der Waals surface area contributed by atoms with Crippen LogP contribution in [0.25, 0.3) is 21.8 Å². The standard InChI is InChI=1S/C18H18F3N5O2/c1-25(10-18(19,20)21)17(27)28-12-3-5-26(9-12)14-8-22-6-11-7-24-16-13(15(11)14)2-4-23-16/h2,4,6-8,12H,3,5,9-10H2,1H3,(H,23,24). The Morgan fingerprint density at radius 2 is 2.21 bits per heavy atom. The molecule has 0 aromatic carbocycles. The topological polar surface area (TPSA) is 74.3 Å². The first-order valence-electron chi connectivity index (χ1n) is 8.75. The highest BCUT2D eigenvalue weighted by atomic mass is 19.4. The van der Waals surface area contributed by atoms with Gasteiger partial charge in [0.05, 0.1) is 18.4 Å². The number of hydrogen-bond acceptors (Lipinski definition) is 5. The number of H-pyrrole nitrogens is 1. The summed E-state index contributed by atoms with van der Waals surface area (Å²) in [6, 6.07) is 1.94. The zero-order valence-electron chi connectivity index (χ0n) is 15.0. The van der Waals surface area contributed by atoms with Crippen LogP contribution in [0, 0.1) is 0 Å². The summed E-state index contributed by atoms with van der Waals surface area (Å²) in [6.45, 7) is -0.343. The van der Waals surface area contributed by atoms with Crippen LogP contribution in [0.1, 0.15) is 6.42 Å². The van der Waals surface area contributed by atoms with E-state index in [1.54, 1.807) is 18.6 Å². The first kappa shape index (κ1) is 18.3. The van der Waals surface area contributed by atoms with Gasteiger partial charge in [-0.2, -0.15) is 13.2 Å². The molecular formula is C18H18F3N5O2. The fourth-order valence-corrected chi connectivity index (χ4v) is 3.51. The highest BCUT2D eigenvalue weighted by molar-refractivity contribution is 6.11. The minimum absolute atomic E-state index is 0.390. The predicted octanol–water partition coefficient (Wildman–Crippen LogP) is 3.32. The largest absolute Gasteiger partial charge is 0.444 e. The maximum absolute atomic E-state index is 12.4. The molecule has 7 nitrogen and oxygen atoms in total. The molecule has 4 heterocycles. The Labute approximate surface area is 158 Å². The number of aromatic amines is 1. The summed E-state index contributed by atoms with van der Waals surface area (Å²) in [6.07, 6.45) is 1.65. The number of halogens is 3. The monoisotopic (exact) mass is 393 g/mol. The number of amides is 1. The molecule has 0 aliphatic carbocycles. The van der Waals surface area contributed by atoms with Gasteiger partial charge in [-0.25, -0.2) is 9.78 Å². The number of hydrogen-bond donors (Lipinski definition) is 1. The van der Waals surface area contributed by atoms with Crippen molar-refractivity contribution in [3.63, 3.8) is 0 Å². The normalized spacial score (nSPS) is 17.4. The Morgan fingerprint density at radius 1 is 1.39 bits per heavy atom. The second-order valence-corrected chi connectivity index (χ2v) is 6.83. The maximum atomic E-state index is 12.4. The average molecular weight is 393 g/mol. The van der Waals surface area contributed by atoms with Gasteiger partial charge < -0.3 is 19.5 Å². The van der Waals surface area contributed by atoms with E-state index in [0.29, 0.717) is 24.4 Å². The molecule has 0 radical (unpaired) electrons. The minimum atomic E-state index is -4.46. The molecule has 10 heteroatoms. The number of rotatable bonds is 3. The van der Waals surface area contributed by atoms with Crippen molar-refractivity contribution in [2.75, 3.05) is 31.6 Å². The molecule has 1 aliphatic heterocycles. The van der Waals surface area contributed by atoms with Crippen LogP contribution in [-0.2, 0) is 4.74 Å². The van der Waals surface area contributed by atoms with Crippen LogP contribution in [0.4, 0.5) is 23.7 Å². The number of pyridine rings is 2. The molecule has 1 amide bonds. The number of nitrogens with one attached hydrogen (secondary N) is 1. The van der Waals surface area contributed by atoms with Crippen molar-refractivity contribution < 1.29 is 22.7 Å². The van der Waals surface area contributed by atoms with Gasteiger partial charge in [0.2, 0.25) is 0 Å². The SMILES string of the molecule is CN(CC(F)(F)F)C(=O)OC1CCN(c2cncc3cnc4[nH]ccc4c23)C1. The Kier molecular flexibility index (Phi) is 4.48. The molecule has 1 aliphatic rings. The van der Waals surface area contributed by atoms with Crippen molar-refractivity contribution in [3.05, 3.63) is 30.9 Å². The van der Waals surface area contributed by atoms with E-state index in [4.69, 9.17) is 4.74 Å². The molecule has 0 saturated carbocycles. The van der Waals surface area contributed by atoms with Gasteiger partial charge in [-0.05, 0) is 6.07 Å². The van der Waals surface area contributed by atoms with Gasteiger partial charge in [0.1, 0.15) is 18.3 Å². The molecule has 3 aromatic heterocycles. The first-order chi connectivity index (χ1) is 13.3. The number of fused-ring (bicyclic) bond motifs is 3. The van der Waals surface area contributed by atoms with Crippen LogP contribution in [0.15, 0.2) is 30.9 Å². The van der Waals surface area contributed by atoms with Gasteiger partial charge in [0, 0.05) is 54.8 Å². The number of carbonyl (C=O) groups is 1. The summed E-state index contributed by atoms with van der Waals surface area (Å²) < 4.78 is 42.6. The molecule has 4 rings (SSSR count). The van der Waals surface area contributed by atoms with Gasteiger partial charge in [-0.3, -0.25) is 4.98 Å². The van der Waals surface area contributed by atoms with Crippen molar-refractivity contribution in [1.82, 2.24) is 19.9 Å². The minimum Gasteiger partial charge on any atom is -0.444 e. The van der Waals surface area contributed by atoms with E-state index < -0.39 is 24.9 Å². The fourth-order valence-electron chi connectivity index (χ4n) is 3.51. The van der Waals surface area contributed by atoms with E-state index >= 15 is 0 Å². The number of nitrogens with zero attached hydrogens (tertiary/aromatic N) is 4. The van der Waals surface area contributed by atoms with Crippen LogP contribution in [0.3, 0.4) is 0 Å². The molecule has 3 aromatic rings. The lowest BCUT2D eigenvalue weighted by Gasteiger charge is -2.22. The maximum Gasteiger partial charge on any atom is 0.410 e. The summed E-state index contributed by atoms with van der Waals surface area (Å²) in [4.78, 5) is 26.2. The molecule has 0 spiro atoms. The molecule has 1 unspecified atom stereocenters. The van der Waals surface area contributed by atoms with Crippen molar-refractivity contribution in [3.8, 4) is 0 Å². The Bertz CT molecular complexity index is 1020. The van der Waals surface area contributed by atoms with Crippen LogP contribution >= 0.6 is 0 Å². The fraction of sp³-hybridized carbons (Fsp3) is 0.389. The third-order valence-electron chi connectivity index (χ3n) is 4.76. The van der Waals surface area contributed by atoms with Gasteiger partial charge in [-0.15, -0.1) is 0 Å². The van der Waals surface area contributed by atoms with Crippen LogP contribution in [-0.4, -0.2) is 64.9 Å². The average Bonchev–Trinajstić information content (AvgIpc) is 3.28. The highest BCUT2D eigenvalue weighted by Crippen LogP contribution is 2.33. The Morgan fingerprint density at radius 3 is 3.00 bits per heavy atom. The highest BCUT2D eigenvalue weighted by Gasteiger charge is 2.34. The van der Waals surface area contributed by atoms with E-state index in [1.807, 2.05) is 17.2 Å². The van der Waals surface area contributed by atoms with Gasteiger partial charge in [0.25, 0.3) is 0 Å². The molecule has 1 atom stereocenters. The predicted molar refractivity (Wildman–Crippen MR) is 97.2 cm³/mol. The lowest BCUT2D eigenvalue weighted by Crippen LogP contribution is -2.38. The van der Waals surface area contributed by atoms with Crippen LogP contribution < -0.4 is 4.90 Å². The molecular weight excluding hydrogens is 375 g/mol. The van der Waals surface area contributed by atoms with Gasteiger partial charge in [-0.1, -0.05) is 0 Å². The van der Waals surface area contributed by atoms with E-state index in [2.05, 4.69) is 15.0 Å². The van der Waals surface area contributed by atoms with Gasteiger partial charge in [0.15, 0.2) is 0 Å². The Hall–Kier alpha value is -3.04. The van der Waals surface area contributed by atoms with Crippen molar-refractivity contribution in [1.29, 1.82) is 0 Å². The number of anilines is 1. The van der Waals surface area contributed by atoms with Crippen LogP contribution in [0.2, 0.25) is 0 Å². The molecule has 148 valence electrons. The lowest BCUT2D eigenvalue weighted by molar-refractivity contribution is -0.140. The second kappa shape index (κ2) is 6.84. The third kappa shape index (κ3) is 3.54. The smallest absolute Gasteiger partial charge is 0.410 e. The zero-order valence-corrected chi connectivity index (χ0v) is 15.0. The van der Waals surface area contributed by atoms with Crippen molar-refractivity contribution in [2.24, 2.45) is 0 Å². The second-order valence-electron chi connectivity index (χ2n) is 6.83. The van der Waals surface area contributed by atoms with Crippen molar-refractivity contribution >= 4 is 33.6 Å². The first-order valence-corrected chi connectivity index (χ1v) is 8.75. The Balaban J connectivity index is 1.52. The quantitative estimate of drug-likeness (QED) is 0.739. The molecule has 0 bridgehead atoms. The molecule has 28 heavy (non-hydrogen) atoms. The van der Waals surface area contributed by atoms with Crippen LogP contribution in [0.5, 0.6) is 0 Å². The number of aromatic nitrogens is 3.